The van der Waals surface area contributed by atoms with Gasteiger partial charge >= 0.3 is 5.97 Å². The Balaban J connectivity index is 2.53. The fourth-order valence-corrected chi connectivity index (χ4v) is 2.61. The molecule has 2 aromatic rings. The molecule has 0 aliphatic heterocycles. The van der Waals surface area contributed by atoms with Crippen LogP contribution in [0, 0.1) is 6.92 Å². The van der Waals surface area contributed by atoms with Gasteiger partial charge in [-0.15, -0.1) is 0 Å². The number of carbonyl (C=O) groups excluding carboxylic acids is 1. The molecule has 0 aliphatic rings. The molecule has 0 bridgehead atoms. The molecule has 0 atom stereocenters. The monoisotopic (exact) mass is 282 g/mol. The Morgan fingerprint density at radius 1 is 1.50 bits per heavy atom. The topological polar surface area (TPSA) is 65.2 Å². The Hall–Kier alpha value is -1.59. The van der Waals surface area contributed by atoms with Crippen LogP contribution in [-0.4, -0.2) is 18.1 Å². The average molecular weight is 283 g/mol. The van der Waals surface area contributed by atoms with Gasteiger partial charge in [-0.05, 0) is 18.6 Å². The summed E-state index contributed by atoms with van der Waals surface area (Å²) in [5, 5.41) is 1.66. The molecule has 18 heavy (non-hydrogen) atoms. The summed E-state index contributed by atoms with van der Waals surface area (Å²) in [6.45, 7) is 1.90. The van der Waals surface area contributed by atoms with Crippen LogP contribution in [0.15, 0.2) is 18.2 Å². The van der Waals surface area contributed by atoms with Gasteiger partial charge in [-0.25, -0.2) is 9.78 Å². The maximum atomic E-state index is 11.4. The molecule has 0 saturated heterocycles. The van der Waals surface area contributed by atoms with E-state index in [9.17, 15) is 4.79 Å². The largest absolute Gasteiger partial charge is 0.464 e. The highest BCUT2D eigenvalue weighted by molar-refractivity contribution is 7.19. The van der Waals surface area contributed by atoms with Crippen LogP contribution in [0.1, 0.15) is 16.1 Å². The van der Waals surface area contributed by atoms with E-state index in [4.69, 9.17) is 17.3 Å². The second-order valence-electron chi connectivity index (χ2n) is 3.64. The van der Waals surface area contributed by atoms with Crippen molar-refractivity contribution in [3.8, 4) is 10.6 Å². The Bertz CT molecular complexity index is 610. The van der Waals surface area contributed by atoms with Crippen LogP contribution >= 0.6 is 22.9 Å². The number of rotatable bonds is 2. The highest BCUT2D eigenvalue weighted by Crippen LogP contribution is 2.34. The van der Waals surface area contributed by atoms with Crippen molar-refractivity contribution in [2.75, 3.05) is 12.8 Å². The second-order valence-corrected chi connectivity index (χ2v) is 5.07. The minimum absolute atomic E-state index is 0.150. The van der Waals surface area contributed by atoms with Gasteiger partial charge in [0.15, 0.2) is 5.69 Å². The number of hydrogen-bond acceptors (Lipinski definition) is 5. The Morgan fingerprint density at radius 2 is 2.22 bits per heavy atom. The highest BCUT2D eigenvalue weighted by Gasteiger charge is 2.18. The third kappa shape index (κ3) is 2.19. The Kier molecular flexibility index (Phi) is 3.54. The summed E-state index contributed by atoms with van der Waals surface area (Å²) in [6.07, 6.45) is 0. The number of hydrogen-bond donors (Lipinski definition) is 1. The van der Waals surface area contributed by atoms with Gasteiger partial charge in [0.25, 0.3) is 0 Å². The molecule has 1 aromatic carbocycles. The van der Waals surface area contributed by atoms with Crippen molar-refractivity contribution in [1.29, 1.82) is 0 Å². The van der Waals surface area contributed by atoms with Crippen molar-refractivity contribution in [3.63, 3.8) is 0 Å². The van der Waals surface area contributed by atoms with E-state index in [0.717, 1.165) is 11.1 Å². The zero-order valence-corrected chi connectivity index (χ0v) is 11.4. The number of benzene rings is 1. The molecule has 1 aromatic heterocycles. The second kappa shape index (κ2) is 4.96. The maximum Gasteiger partial charge on any atom is 0.359 e. The molecular formula is C12H11ClN2O2S. The van der Waals surface area contributed by atoms with Crippen molar-refractivity contribution in [2.45, 2.75) is 6.92 Å². The van der Waals surface area contributed by atoms with E-state index in [0.29, 0.717) is 15.0 Å². The number of methoxy groups -OCH3 is 1. The number of nitrogen functional groups attached to an aromatic ring is 1. The van der Waals surface area contributed by atoms with Crippen LogP contribution in [0.4, 0.5) is 5.00 Å². The molecule has 4 nitrogen and oxygen atoms in total. The van der Waals surface area contributed by atoms with Crippen LogP contribution in [0.25, 0.3) is 10.6 Å². The van der Waals surface area contributed by atoms with Crippen LogP contribution in [0.2, 0.25) is 5.02 Å². The molecule has 0 fully saturated rings. The number of thiazole rings is 1. The number of esters is 1. The molecule has 0 spiro atoms. The summed E-state index contributed by atoms with van der Waals surface area (Å²) in [7, 11) is 1.30. The lowest BCUT2D eigenvalue weighted by atomic mass is 10.1. The van der Waals surface area contributed by atoms with Gasteiger partial charge in [-0.2, -0.15) is 0 Å². The van der Waals surface area contributed by atoms with E-state index in [1.54, 1.807) is 6.07 Å². The number of nitrogens with zero attached hydrogens (tertiary/aromatic N) is 1. The fourth-order valence-electron chi connectivity index (χ4n) is 1.53. The molecule has 0 saturated carbocycles. The van der Waals surface area contributed by atoms with E-state index in [1.165, 1.54) is 18.4 Å². The number of nitrogens with two attached hydrogens (primary N) is 1. The summed E-state index contributed by atoms with van der Waals surface area (Å²) in [4.78, 5) is 15.7. The molecule has 0 amide bonds. The first-order valence-corrected chi connectivity index (χ1v) is 6.34. The summed E-state index contributed by atoms with van der Waals surface area (Å²) in [6, 6.07) is 5.53. The SMILES string of the molecule is COC(=O)c1nc(-c2cccc(Cl)c2C)sc1N. The number of ether oxygens (including phenoxy) is 1. The molecule has 0 aliphatic carbocycles. The summed E-state index contributed by atoms with van der Waals surface area (Å²) in [5.74, 6) is -0.533. The van der Waals surface area contributed by atoms with Gasteiger partial charge < -0.3 is 10.5 Å². The van der Waals surface area contributed by atoms with Gasteiger partial charge in [0, 0.05) is 10.6 Å². The van der Waals surface area contributed by atoms with Crippen LogP contribution in [-0.2, 0) is 4.74 Å². The van der Waals surface area contributed by atoms with Gasteiger partial charge in [-0.1, -0.05) is 35.1 Å². The lowest BCUT2D eigenvalue weighted by Gasteiger charge is -2.03. The van der Waals surface area contributed by atoms with E-state index in [2.05, 4.69) is 9.72 Å². The molecule has 6 heteroatoms. The van der Waals surface area contributed by atoms with Crippen molar-refractivity contribution in [3.05, 3.63) is 34.5 Å². The van der Waals surface area contributed by atoms with E-state index < -0.39 is 5.97 Å². The fraction of sp³-hybridized carbons (Fsp3) is 0.167. The summed E-state index contributed by atoms with van der Waals surface area (Å²) in [5.41, 5.74) is 7.69. The Morgan fingerprint density at radius 3 is 2.89 bits per heavy atom. The predicted octanol–water partition coefficient (Wildman–Crippen LogP) is 3.14. The van der Waals surface area contributed by atoms with E-state index >= 15 is 0 Å². The summed E-state index contributed by atoms with van der Waals surface area (Å²) >= 11 is 7.30. The van der Waals surface area contributed by atoms with Gasteiger partial charge in [0.1, 0.15) is 10.0 Å². The van der Waals surface area contributed by atoms with Crippen LogP contribution in [0.3, 0.4) is 0 Å². The molecule has 1 heterocycles. The van der Waals surface area contributed by atoms with Gasteiger partial charge in [0.2, 0.25) is 0 Å². The number of halogens is 1. The van der Waals surface area contributed by atoms with Crippen molar-refractivity contribution in [1.82, 2.24) is 4.98 Å². The first-order valence-electron chi connectivity index (χ1n) is 5.14. The van der Waals surface area contributed by atoms with E-state index in [-0.39, 0.29) is 5.69 Å². The first-order chi connectivity index (χ1) is 8.54. The lowest BCUT2D eigenvalue weighted by Crippen LogP contribution is -2.04. The molecule has 0 unspecified atom stereocenters. The minimum Gasteiger partial charge on any atom is -0.464 e. The molecular weight excluding hydrogens is 272 g/mol. The van der Waals surface area contributed by atoms with Crippen molar-refractivity contribution >= 4 is 33.9 Å². The predicted molar refractivity (Wildman–Crippen MR) is 73.0 cm³/mol. The molecule has 2 N–H and O–H groups in total. The van der Waals surface area contributed by atoms with Crippen molar-refractivity contribution < 1.29 is 9.53 Å². The van der Waals surface area contributed by atoms with Crippen LogP contribution < -0.4 is 5.73 Å². The highest BCUT2D eigenvalue weighted by atomic mass is 35.5. The van der Waals surface area contributed by atoms with E-state index in [1.807, 2.05) is 19.1 Å². The van der Waals surface area contributed by atoms with Gasteiger partial charge in [-0.3, -0.25) is 0 Å². The van der Waals surface area contributed by atoms with Crippen molar-refractivity contribution in [2.24, 2.45) is 0 Å². The minimum atomic E-state index is -0.533. The first kappa shape index (κ1) is 12.9. The number of anilines is 1. The molecule has 94 valence electrons. The maximum absolute atomic E-state index is 11.4. The normalized spacial score (nSPS) is 10.4. The standard InChI is InChI=1S/C12H11ClN2O2S/c1-6-7(4-3-5-8(6)13)11-15-9(10(14)18-11)12(16)17-2/h3-5H,14H2,1-2H3. The molecule has 0 radical (unpaired) electrons. The average Bonchev–Trinajstić information content (AvgIpc) is 2.73. The Labute approximate surface area is 113 Å². The quantitative estimate of drug-likeness (QED) is 0.860. The number of aromatic nitrogens is 1. The number of carbonyl (C=O) groups is 1. The van der Waals surface area contributed by atoms with Gasteiger partial charge in [0.05, 0.1) is 7.11 Å². The third-order valence-electron chi connectivity index (χ3n) is 2.53. The smallest absolute Gasteiger partial charge is 0.359 e. The zero-order chi connectivity index (χ0) is 13.3. The molecule has 2 rings (SSSR count). The summed E-state index contributed by atoms with van der Waals surface area (Å²) < 4.78 is 4.62. The third-order valence-corrected chi connectivity index (χ3v) is 3.86. The zero-order valence-electron chi connectivity index (χ0n) is 9.86. The lowest BCUT2D eigenvalue weighted by molar-refractivity contribution is 0.0596. The van der Waals surface area contributed by atoms with Crippen LogP contribution in [0.5, 0.6) is 0 Å².